The molecule has 4 heterocycles. The number of fused-ring (bicyclic) bond motifs is 1. The Morgan fingerprint density at radius 2 is 1.74 bits per heavy atom. The Hall–Kier alpha value is -2.48. The van der Waals surface area contributed by atoms with Crippen molar-refractivity contribution in [1.82, 2.24) is 30.4 Å². The Kier molecular flexibility index (Phi) is 7.73. The van der Waals surface area contributed by atoms with Crippen LogP contribution in [0, 0.1) is 0 Å². The monoisotopic (exact) mass is 525 g/mol. The van der Waals surface area contributed by atoms with Crippen molar-refractivity contribution in [2.75, 3.05) is 57.3 Å². The molecular weight excluding hydrogens is 493 g/mol. The van der Waals surface area contributed by atoms with Crippen molar-refractivity contribution < 1.29 is 4.74 Å². The number of nitrogens with one attached hydrogen (secondary N) is 2. The molecule has 0 spiro atoms. The van der Waals surface area contributed by atoms with Crippen LogP contribution in [0.1, 0.15) is 25.7 Å². The van der Waals surface area contributed by atoms with Crippen LogP contribution in [0.3, 0.4) is 0 Å². The third kappa shape index (κ3) is 5.77. The molecule has 0 saturated carbocycles. The molecule has 2 N–H and O–H groups in total. The van der Waals surface area contributed by atoms with Crippen LogP contribution in [-0.4, -0.2) is 93.2 Å². The van der Waals surface area contributed by atoms with Gasteiger partial charge in [0, 0.05) is 0 Å². The first-order chi connectivity index (χ1) is 16.8. The van der Waals surface area contributed by atoms with Gasteiger partial charge in [-0.05, 0) is 0 Å². The van der Waals surface area contributed by atoms with Crippen molar-refractivity contribution in [3.63, 3.8) is 0 Å². The van der Waals surface area contributed by atoms with Crippen LogP contribution >= 0.6 is 0 Å². The van der Waals surface area contributed by atoms with Crippen LogP contribution in [0.5, 0.6) is 5.75 Å². The fraction of sp³-hybridized carbons (Fsp3) is 0.500. The van der Waals surface area contributed by atoms with E-state index in [0.29, 0.717) is 17.5 Å². The van der Waals surface area contributed by atoms with E-state index in [1.165, 1.54) is 17.2 Å². The average molecular weight is 525 g/mol. The quantitative estimate of drug-likeness (QED) is 0.408. The van der Waals surface area contributed by atoms with Crippen molar-refractivity contribution in [1.29, 1.82) is 0 Å². The van der Waals surface area contributed by atoms with Gasteiger partial charge in [0.1, 0.15) is 0 Å². The second-order valence-electron chi connectivity index (χ2n) is 8.82. The van der Waals surface area contributed by atoms with E-state index in [1.54, 1.807) is 6.20 Å². The molecular formula is C24H32AsN7O2. The number of aromatic amines is 1. The molecule has 180 valence electrons. The summed E-state index contributed by atoms with van der Waals surface area (Å²) in [7, 11) is 0. The van der Waals surface area contributed by atoms with Crippen molar-refractivity contribution in [2.45, 2.75) is 25.7 Å². The van der Waals surface area contributed by atoms with Gasteiger partial charge in [-0.25, -0.2) is 0 Å². The summed E-state index contributed by atoms with van der Waals surface area (Å²) in [5.74, 6) is 1.61. The number of nitrogens with zero attached hydrogens (tertiary/aromatic N) is 5. The average Bonchev–Trinajstić information content (AvgIpc) is 3.15. The summed E-state index contributed by atoms with van der Waals surface area (Å²) in [6.07, 6.45) is 6.43. The van der Waals surface area contributed by atoms with Crippen LogP contribution < -0.4 is 29.3 Å². The molecule has 2 aromatic heterocycles. The van der Waals surface area contributed by atoms with Gasteiger partial charge >= 0.3 is 206 Å². The van der Waals surface area contributed by atoms with Crippen molar-refractivity contribution in [3.8, 4) is 5.75 Å². The number of hydrogen-bond acceptors (Lipinski definition) is 8. The molecule has 3 aromatic rings. The van der Waals surface area contributed by atoms with E-state index in [-0.39, 0.29) is 5.56 Å². The van der Waals surface area contributed by atoms with E-state index >= 15 is 0 Å². The predicted molar refractivity (Wildman–Crippen MR) is 136 cm³/mol. The molecule has 0 amide bonds. The van der Waals surface area contributed by atoms with Gasteiger partial charge in [0.25, 0.3) is 0 Å². The number of anilines is 1. The van der Waals surface area contributed by atoms with Gasteiger partial charge in [-0.1, -0.05) is 0 Å². The zero-order chi connectivity index (χ0) is 23.2. The van der Waals surface area contributed by atoms with E-state index in [1.807, 2.05) is 12.1 Å². The molecule has 0 aliphatic carbocycles. The number of ether oxygens (including phenoxy) is 1. The van der Waals surface area contributed by atoms with Crippen molar-refractivity contribution in [2.24, 2.45) is 0 Å². The third-order valence-electron chi connectivity index (χ3n) is 6.40. The number of benzene rings is 1. The molecule has 2 saturated heterocycles. The molecule has 0 bridgehead atoms. The van der Waals surface area contributed by atoms with E-state index in [2.05, 4.69) is 37.4 Å². The molecule has 9 nitrogen and oxygen atoms in total. The summed E-state index contributed by atoms with van der Waals surface area (Å²) < 4.78 is 8.03. The predicted octanol–water partition coefficient (Wildman–Crippen LogP) is -0.235. The van der Waals surface area contributed by atoms with Crippen LogP contribution in [0.25, 0.3) is 10.9 Å². The van der Waals surface area contributed by atoms with Gasteiger partial charge < -0.3 is 0 Å². The van der Waals surface area contributed by atoms with E-state index in [4.69, 9.17) is 14.7 Å². The second kappa shape index (κ2) is 11.3. The molecule has 2 aliphatic rings. The first-order valence-electron chi connectivity index (χ1n) is 12.2. The molecule has 2 aliphatic heterocycles. The molecule has 1 aromatic carbocycles. The Morgan fingerprint density at radius 3 is 2.50 bits per heavy atom. The summed E-state index contributed by atoms with van der Waals surface area (Å²) in [5.41, 5.74) is 0.413. The first kappa shape index (κ1) is 23.3. The fourth-order valence-corrected chi connectivity index (χ4v) is 6.86. The normalized spacial score (nSPS) is 17.9. The number of piperazine rings is 1. The van der Waals surface area contributed by atoms with Crippen molar-refractivity contribution in [3.05, 3.63) is 40.8 Å². The molecule has 0 radical (unpaired) electrons. The standard InChI is InChI=1S/C24H32AsN7O2/c33-23-21-20(17-27-30-23)28-24(32-11-3-1-2-4-12-32)29-22(21)25-18-5-7-19(8-6-18)34-16-15-31-13-9-26-10-14-31/h5-8,17,25-26H,1-4,9-16H2,(H,30,33). The Morgan fingerprint density at radius 1 is 0.971 bits per heavy atom. The van der Waals surface area contributed by atoms with E-state index < -0.39 is 15.8 Å². The molecule has 34 heavy (non-hydrogen) atoms. The van der Waals surface area contributed by atoms with Crippen LogP contribution in [-0.2, 0) is 0 Å². The van der Waals surface area contributed by atoms with Crippen LogP contribution in [0.4, 0.5) is 5.95 Å². The number of hydrogen-bond donors (Lipinski definition) is 2. The van der Waals surface area contributed by atoms with Gasteiger partial charge in [-0.3, -0.25) is 0 Å². The molecule has 10 heteroatoms. The summed E-state index contributed by atoms with van der Waals surface area (Å²) in [5, 5.41) is 10.5. The molecule has 1 unspecified atom stereocenters. The number of aromatic nitrogens is 4. The Labute approximate surface area is 206 Å². The number of rotatable bonds is 7. The Balaban J connectivity index is 1.31. The third-order valence-corrected chi connectivity index (χ3v) is 8.96. The van der Waals surface area contributed by atoms with Gasteiger partial charge in [0.15, 0.2) is 0 Å². The summed E-state index contributed by atoms with van der Waals surface area (Å²) in [4.78, 5) is 26.9. The molecule has 5 rings (SSSR count). The maximum atomic E-state index is 12.6. The van der Waals surface area contributed by atoms with Crippen LogP contribution in [0.2, 0.25) is 0 Å². The number of H-pyrrole nitrogens is 1. The van der Waals surface area contributed by atoms with E-state index in [0.717, 1.165) is 74.8 Å². The molecule has 1 atom stereocenters. The zero-order valence-corrected chi connectivity index (χ0v) is 21.5. The summed E-state index contributed by atoms with van der Waals surface area (Å²) in [6, 6.07) is 8.27. The van der Waals surface area contributed by atoms with Crippen molar-refractivity contribution >= 4 is 41.4 Å². The summed E-state index contributed by atoms with van der Waals surface area (Å²) in [6.45, 7) is 7.81. The Bertz CT molecular complexity index is 1140. The maximum absolute atomic E-state index is 12.6. The summed E-state index contributed by atoms with van der Waals surface area (Å²) >= 11 is -0.836. The molecule has 2 fully saturated rings. The van der Waals surface area contributed by atoms with Gasteiger partial charge in [-0.2, -0.15) is 0 Å². The van der Waals surface area contributed by atoms with Gasteiger partial charge in [0.05, 0.1) is 0 Å². The van der Waals surface area contributed by atoms with Gasteiger partial charge in [0.2, 0.25) is 0 Å². The minimum absolute atomic E-state index is 0.216. The first-order valence-corrected chi connectivity index (χ1v) is 14.3. The fourth-order valence-electron chi connectivity index (χ4n) is 4.49. The van der Waals surface area contributed by atoms with Gasteiger partial charge in [-0.15, -0.1) is 0 Å². The zero-order valence-electron chi connectivity index (χ0n) is 19.4. The topological polar surface area (TPSA) is 99.3 Å². The SMILES string of the molecule is O=c1[nH]ncc2nc(N3CCCCCC3)nc([AsH]c3ccc(OCCN4CCNCC4)cc3)c12. The van der Waals surface area contributed by atoms with E-state index in [9.17, 15) is 4.79 Å². The van der Waals surface area contributed by atoms with Crippen LogP contribution in [0.15, 0.2) is 35.3 Å². The minimum atomic E-state index is -0.836. The second-order valence-corrected chi connectivity index (χ2v) is 11.6.